The van der Waals surface area contributed by atoms with Crippen molar-refractivity contribution in [3.8, 4) is 0 Å². The molecule has 82 valence electrons. The number of nitrogens with one attached hydrogen (secondary N) is 1. The molecule has 2 N–H and O–H groups in total. The molecule has 0 aliphatic heterocycles. The van der Waals surface area contributed by atoms with Crippen LogP contribution in [0.1, 0.15) is 12.8 Å². The van der Waals surface area contributed by atoms with Gasteiger partial charge in [0, 0.05) is 0 Å². The number of rotatable bonds is 4. The van der Waals surface area contributed by atoms with Crippen LogP contribution < -0.4 is 4.72 Å². The molecule has 2 rings (SSSR count). The normalized spacial score (nSPS) is 18.7. The second kappa shape index (κ2) is 3.29. The largest absolute Gasteiger partial charge is 0.480 e. The molecule has 1 aliphatic rings. The quantitative estimate of drug-likeness (QED) is 0.818. The van der Waals surface area contributed by atoms with Crippen LogP contribution in [0.15, 0.2) is 21.7 Å². The second-order valence-electron chi connectivity index (χ2n) is 3.42. The number of sulfonamides is 1. The minimum absolute atomic E-state index is 0.148. The molecule has 7 heteroatoms. The molecule has 1 saturated carbocycles. The first-order valence-electron chi connectivity index (χ1n) is 4.27. The SMILES string of the molecule is O=C(O)C1(NS(=O)(=O)c2cccs2)CC1. The molecule has 1 fully saturated rings. The van der Waals surface area contributed by atoms with Crippen molar-refractivity contribution in [2.24, 2.45) is 0 Å². The van der Waals surface area contributed by atoms with Crippen molar-refractivity contribution in [1.29, 1.82) is 0 Å². The fourth-order valence-electron chi connectivity index (χ4n) is 1.21. The predicted octanol–water partition coefficient (Wildman–Crippen LogP) is 0.644. The van der Waals surface area contributed by atoms with Crippen LogP contribution >= 0.6 is 11.3 Å². The van der Waals surface area contributed by atoms with Crippen LogP contribution in [0.3, 0.4) is 0 Å². The number of hydrogen-bond donors (Lipinski definition) is 2. The third-order valence-corrected chi connectivity index (χ3v) is 5.18. The molecule has 0 radical (unpaired) electrons. The molecule has 1 heterocycles. The number of hydrogen-bond acceptors (Lipinski definition) is 4. The van der Waals surface area contributed by atoms with E-state index >= 15 is 0 Å². The lowest BCUT2D eigenvalue weighted by Crippen LogP contribution is -2.42. The molecule has 1 aliphatic carbocycles. The van der Waals surface area contributed by atoms with Crippen molar-refractivity contribution in [3.63, 3.8) is 0 Å². The van der Waals surface area contributed by atoms with Crippen LogP contribution in [0.25, 0.3) is 0 Å². The summed E-state index contributed by atoms with van der Waals surface area (Å²) in [6, 6.07) is 3.06. The molecule has 5 nitrogen and oxygen atoms in total. The number of carboxylic acids is 1. The molecular formula is C8H9NO4S2. The Balaban J connectivity index is 2.23. The first kappa shape index (κ1) is 10.6. The van der Waals surface area contributed by atoms with Crippen molar-refractivity contribution < 1.29 is 18.3 Å². The first-order valence-corrected chi connectivity index (χ1v) is 6.63. The van der Waals surface area contributed by atoms with Gasteiger partial charge in [0.2, 0.25) is 0 Å². The zero-order valence-electron chi connectivity index (χ0n) is 7.63. The summed E-state index contributed by atoms with van der Waals surface area (Å²) in [5.74, 6) is -1.11. The standard InChI is InChI=1S/C8H9NO4S2/c10-7(11)8(3-4-8)9-15(12,13)6-2-1-5-14-6/h1-2,5,9H,3-4H2,(H,10,11). The fraction of sp³-hybridized carbons (Fsp3) is 0.375. The van der Waals surface area contributed by atoms with Crippen molar-refractivity contribution in [3.05, 3.63) is 17.5 Å². The van der Waals surface area contributed by atoms with E-state index in [-0.39, 0.29) is 4.21 Å². The monoisotopic (exact) mass is 247 g/mol. The molecule has 1 aromatic rings. The van der Waals surface area contributed by atoms with E-state index in [0.29, 0.717) is 12.8 Å². The summed E-state index contributed by atoms with van der Waals surface area (Å²) >= 11 is 1.07. The van der Waals surface area contributed by atoms with E-state index in [2.05, 4.69) is 4.72 Å². The van der Waals surface area contributed by atoms with Gasteiger partial charge in [-0.3, -0.25) is 4.79 Å². The minimum atomic E-state index is -3.67. The maximum Gasteiger partial charge on any atom is 0.324 e. The Morgan fingerprint density at radius 1 is 1.53 bits per heavy atom. The van der Waals surface area contributed by atoms with Gasteiger partial charge in [-0.25, -0.2) is 8.42 Å². The number of carboxylic acid groups (broad SMARTS) is 1. The van der Waals surface area contributed by atoms with Crippen LogP contribution in [-0.2, 0) is 14.8 Å². The van der Waals surface area contributed by atoms with Gasteiger partial charge >= 0.3 is 5.97 Å². The third-order valence-electron chi connectivity index (χ3n) is 2.25. The van der Waals surface area contributed by atoms with E-state index in [0.717, 1.165) is 11.3 Å². The predicted molar refractivity (Wildman–Crippen MR) is 54.2 cm³/mol. The molecule has 1 aromatic heterocycles. The molecule has 0 amide bonds. The van der Waals surface area contributed by atoms with Crippen molar-refractivity contribution in [1.82, 2.24) is 4.72 Å². The highest BCUT2D eigenvalue weighted by atomic mass is 32.2. The van der Waals surface area contributed by atoms with Crippen LogP contribution in [0.5, 0.6) is 0 Å². The summed E-state index contributed by atoms with van der Waals surface area (Å²) in [6.07, 6.45) is 0.708. The first-order chi connectivity index (χ1) is 6.96. The van der Waals surface area contributed by atoms with Crippen molar-refractivity contribution in [2.75, 3.05) is 0 Å². The van der Waals surface area contributed by atoms with Gasteiger partial charge in [-0.1, -0.05) is 6.07 Å². The highest BCUT2D eigenvalue weighted by Gasteiger charge is 2.53. The van der Waals surface area contributed by atoms with E-state index < -0.39 is 21.5 Å². The highest BCUT2D eigenvalue weighted by Crippen LogP contribution is 2.37. The highest BCUT2D eigenvalue weighted by molar-refractivity contribution is 7.91. The van der Waals surface area contributed by atoms with Crippen LogP contribution in [0.2, 0.25) is 0 Å². The number of thiophene rings is 1. The average molecular weight is 247 g/mol. The summed E-state index contributed by atoms with van der Waals surface area (Å²) < 4.78 is 25.8. The summed E-state index contributed by atoms with van der Waals surface area (Å²) in [5.41, 5.74) is -1.26. The van der Waals surface area contributed by atoms with Gasteiger partial charge in [-0.05, 0) is 24.3 Å². The Hall–Kier alpha value is -0.920. The lowest BCUT2D eigenvalue weighted by molar-refractivity contribution is -0.140. The van der Waals surface area contributed by atoms with Gasteiger partial charge in [-0.2, -0.15) is 4.72 Å². The number of carbonyl (C=O) groups is 1. The number of aliphatic carboxylic acids is 1. The summed E-state index contributed by atoms with van der Waals surface area (Å²) in [4.78, 5) is 10.8. The zero-order chi connectivity index (χ0) is 11.1. The third kappa shape index (κ3) is 1.90. The van der Waals surface area contributed by atoms with E-state index in [1.54, 1.807) is 11.4 Å². The lowest BCUT2D eigenvalue weighted by Gasteiger charge is -2.11. The maximum absolute atomic E-state index is 11.7. The second-order valence-corrected chi connectivity index (χ2v) is 6.28. The van der Waals surface area contributed by atoms with Crippen LogP contribution in [-0.4, -0.2) is 25.0 Å². The zero-order valence-corrected chi connectivity index (χ0v) is 9.27. The smallest absolute Gasteiger partial charge is 0.324 e. The Morgan fingerprint density at radius 3 is 2.60 bits per heavy atom. The molecule has 0 saturated heterocycles. The Kier molecular flexibility index (Phi) is 2.32. The van der Waals surface area contributed by atoms with E-state index in [4.69, 9.17) is 5.11 Å². The Labute approximate surface area is 90.8 Å². The van der Waals surface area contributed by atoms with E-state index in [9.17, 15) is 13.2 Å². The molecule has 0 aromatic carbocycles. The van der Waals surface area contributed by atoms with Crippen LogP contribution in [0, 0.1) is 0 Å². The Morgan fingerprint density at radius 2 is 2.20 bits per heavy atom. The topological polar surface area (TPSA) is 83.5 Å². The van der Waals surface area contributed by atoms with Crippen molar-refractivity contribution in [2.45, 2.75) is 22.6 Å². The summed E-state index contributed by atoms with van der Waals surface area (Å²) in [5, 5.41) is 10.5. The molecule has 0 atom stereocenters. The van der Waals surface area contributed by atoms with Gasteiger partial charge in [0.05, 0.1) is 0 Å². The molecule has 0 spiro atoms. The molecular weight excluding hydrogens is 238 g/mol. The van der Waals surface area contributed by atoms with Crippen molar-refractivity contribution >= 4 is 27.3 Å². The lowest BCUT2D eigenvalue weighted by atomic mass is 10.3. The summed E-state index contributed by atoms with van der Waals surface area (Å²) in [7, 11) is -3.67. The molecule has 0 unspecified atom stereocenters. The van der Waals surface area contributed by atoms with Crippen LogP contribution in [0.4, 0.5) is 0 Å². The minimum Gasteiger partial charge on any atom is -0.480 e. The fourth-order valence-corrected chi connectivity index (χ4v) is 3.62. The van der Waals surface area contributed by atoms with Gasteiger partial charge in [0.25, 0.3) is 10.0 Å². The van der Waals surface area contributed by atoms with Gasteiger partial charge < -0.3 is 5.11 Å². The van der Waals surface area contributed by atoms with E-state index in [1.165, 1.54) is 6.07 Å². The maximum atomic E-state index is 11.7. The molecule has 0 bridgehead atoms. The molecule has 15 heavy (non-hydrogen) atoms. The summed E-state index contributed by atoms with van der Waals surface area (Å²) in [6.45, 7) is 0. The average Bonchev–Trinajstić information content (AvgIpc) is 2.72. The van der Waals surface area contributed by atoms with E-state index in [1.807, 2.05) is 0 Å². The van der Waals surface area contributed by atoms with Gasteiger partial charge in [0.1, 0.15) is 9.75 Å². The van der Waals surface area contributed by atoms with Gasteiger partial charge in [0.15, 0.2) is 0 Å². The van der Waals surface area contributed by atoms with Gasteiger partial charge in [-0.15, -0.1) is 11.3 Å². The Bertz CT molecular complexity index is 473.